The number of benzene rings is 1. The fraction of sp³-hybridized carbons (Fsp3) is 0.455. The highest BCUT2D eigenvalue weighted by atomic mass is 19.4. The Morgan fingerprint density at radius 2 is 1.50 bits per heavy atom. The summed E-state index contributed by atoms with van der Waals surface area (Å²) in [4.78, 5) is 0. The second-order valence-electron chi connectivity index (χ2n) is 4.02. The maximum absolute atomic E-state index is 12.6. The van der Waals surface area contributed by atoms with E-state index in [2.05, 4.69) is 0 Å². The first-order chi connectivity index (χ1) is 7.07. The van der Waals surface area contributed by atoms with Crippen LogP contribution in [0.5, 0.6) is 5.75 Å². The standard InChI is InChI=1S/C11H13F3O2/c1-6-4-8(9(15)5-7(6)2)10(3,16)11(12,13)14/h4-5,15-16H,1-3H3. The van der Waals surface area contributed by atoms with Gasteiger partial charge in [0.15, 0.2) is 5.60 Å². The molecule has 0 aliphatic carbocycles. The molecule has 0 saturated carbocycles. The number of aryl methyl sites for hydroxylation is 2. The highest BCUT2D eigenvalue weighted by Crippen LogP contribution is 2.42. The Bertz CT molecular complexity index is 408. The van der Waals surface area contributed by atoms with Gasteiger partial charge in [0.25, 0.3) is 0 Å². The molecule has 0 bridgehead atoms. The van der Waals surface area contributed by atoms with Gasteiger partial charge in [-0.15, -0.1) is 0 Å². The smallest absolute Gasteiger partial charge is 0.421 e. The third-order valence-corrected chi connectivity index (χ3v) is 2.69. The first kappa shape index (κ1) is 12.8. The molecule has 1 atom stereocenters. The SMILES string of the molecule is Cc1cc(O)c(C(C)(O)C(F)(F)F)cc1C. The van der Waals surface area contributed by atoms with E-state index in [0.29, 0.717) is 18.1 Å². The van der Waals surface area contributed by atoms with Crippen LogP contribution >= 0.6 is 0 Å². The van der Waals surface area contributed by atoms with E-state index in [9.17, 15) is 23.4 Å². The predicted molar refractivity (Wildman–Crippen MR) is 53.2 cm³/mol. The van der Waals surface area contributed by atoms with E-state index < -0.39 is 23.1 Å². The van der Waals surface area contributed by atoms with Gasteiger partial charge in [-0.1, -0.05) is 0 Å². The normalized spacial score (nSPS) is 15.9. The van der Waals surface area contributed by atoms with Gasteiger partial charge in [-0.2, -0.15) is 13.2 Å². The number of aliphatic hydroxyl groups is 1. The van der Waals surface area contributed by atoms with E-state index in [-0.39, 0.29) is 0 Å². The Morgan fingerprint density at radius 3 is 1.94 bits per heavy atom. The second-order valence-corrected chi connectivity index (χ2v) is 4.02. The molecule has 0 amide bonds. The molecule has 2 nitrogen and oxygen atoms in total. The minimum absolute atomic E-state index is 0.525. The van der Waals surface area contributed by atoms with Gasteiger partial charge in [0.05, 0.1) is 0 Å². The molecule has 0 saturated heterocycles. The van der Waals surface area contributed by atoms with Crippen LogP contribution in [-0.2, 0) is 5.60 Å². The first-order valence-corrected chi connectivity index (χ1v) is 4.67. The molecule has 5 heteroatoms. The Kier molecular flexibility index (Phi) is 2.94. The first-order valence-electron chi connectivity index (χ1n) is 4.67. The van der Waals surface area contributed by atoms with Gasteiger partial charge in [0.1, 0.15) is 5.75 Å². The number of hydrogen-bond donors (Lipinski definition) is 2. The van der Waals surface area contributed by atoms with Crippen molar-refractivity contribution in [3.63, 3.8) is 0 Å². The van der Waals surface area contributed by atoms with Crippen molar-refractivity contribution in [2.45, 2.75) is 32.5 Å². The molecule has 1 aromatic carbocycles. The van der Waals surface area contributed by atoms with E-state index in [4.69, 9.17) is 0 Å². The van der Waals surface area contributed by atoms with Gasteiger partial charge >= 0.3 is 6.18 Å². The molecule has 0 heterocycles. The molecular formula is C11H13F3O2. The van der Waals surface area contributed by atoms with Crippen molar-refractivity contribution < 1.29 is 23.4 Å². The van der Waals surface area contributed by atoms with Gasteiger partial charge in [0, 0.05) is 5.56 Å². The summed E-state index contributed by atoms with van der Waals surface area (Å²) < 4.78 is 37.7. The number of halogens is 3. The lowest BCUT2D eigenvalue weighted by molar-refractivity contribution is -0.259. The van der Waals surface area contributed by atoms with E-state index in [1.807, 2.05) is 0 Å². The lowest BCUT2D eigenvalue weighted by Crippen LogP contribution is -2.39. The molecule has 0 aromatic heterocycles. The summed E-state index contributed by atoms with van der Waals surface area (Å²) in [5.41, 5.74) is -2.32. The monoisotopic (exact) mass is 234 g/mol. The lowest BCUT2D eigenvalue weighted by atomic mass is 9.91. The maximum Gasteiger partial charge on any atom is 0.421 e. The molecule has 2 N–H and O–H groups in total. The van der Waals surface area contributed by atoms with Gasteiger partial charge in [-0.05, 0) is 44.0 Å². The summed E-state index contributed by atoms with van der Waals surface area (Å²) in [6.07, 6.45) is -4.83. The quantitative estimate of drug-likeness (QED) is 0.784. The molecule has 90 valence electrons. The van der Waals surface area contributed by atoms with E-state index >= 15 is 0 Å². The van der Waals surface area contributed by atoms with Crippen LogP contribution in [0.2, 0.25) is 0 Å². The second kappa shape index (κ2) is 3.66. The van der Waals surface area contributed by atoms with Crippen LogP contribution in [0.3, 0.4) is 0 Å². The summed E-state index contributed by atoms with van der Waals surface area (Å²) >= 11 is 0. The number of rotatable bonds is 1. The summed E-state index contributed by atoms with van der Waals surface area (Å²) in [7, 11) is 0. The predicted octanol–water partition coefficient (Wildman–Crippen LogP) is 2.78. The van der Waals surface area contributed by atoms with Crippen molar-refractivity contribution in [3.8, 4) is 5.75 Å². The van der Waals surface area contributed by atoms with E-state index in [1.54, 1.807) is 13.8 Å². The number of phenolic OH excluding ortho intramolecular Hbond substituents is 1. The van der Waals surface area contributed by atoms with Crippen molar-refractivity contribution in [2.24, 2.45) is 0 Å². The van der Waals surface area contributed by atoms with Crippen LogP contribution in [0.15, 0.2) is 12.1 Å². The fourth-order valence-electron chi connectivity index (χ4n) is 1.34. The van der Waals surface area contributed by atoms with Gasteiger partial charge in [0.2, 0.25) is 0 Å². The third kappa shape index (κ3) is 2.00. The van der Waals surface area contributed by atoms with Crippen molar-refractivity contribution >= 4 is 0 Å². The lowest BCUT2D eigenvalue weighted by Gasteiger charge is -2.27. The van der Waals surface area contributed by atoms with Gasteiger partial charge in [-0.25, -0.2) is 0 Å². The summed E-state index contributed by atoms with van der Waals surface area (Å²) in [5, 5.41) is 18.9. The topological polar surface area (TPSA) is 40.5 Å². The number of aromatic hydroxyl groups is 1. The molecule has 1 unspecified atom stereocenters. The summed E-state index contributed by atoms with van der Waals surface area (Å²) in [6, 6.07) is 2.36. The minimum atomic E-state index is -4.83. The Balaban J connectivity index is 3.39. The Morgan fingerprint density at radius 1 is 1.06 bits per heavy atom. The van der Waals surface area contributed by atoms with Crippen LogP contribution in [-0.4, -0.2) is 16.4 Å². The van der Waals surface area contributed by atoms with Crippen molar-refractivity contribution in [1.82, 2.24) is 0 Å². The summed E-state index contributed by atoms with van der Waals surface area (Å²) in [6.45, 7) is 3.91. The average molecular weight is 234 g/mol. The zero-order chi connectivity index (χ0) is 12.7. The van der Waals surface area contributed by atoms with Crippen LogP contribution in [0.1, 0.15) is 23.6 Å². The Hall–Kier alpha value is -1.23. The molecule has 1 rings (SSSR count). The van der Waals surface area contributed by atoms with Crippen LogP contribution in [0.4, 0.5) is 13.2 Å². The highest BCUT2D eigenvalue weighted by molar-refractivity contribution is 5.44. The zero-order valence-electron chi connectivity index (χ0n) is 9.18. The molecule has 0 radical (unpaired) electrons. The van der Waals surface area contributed by atoms with Crippen LogP contribution < -0.4 is 0 Å². The largest absolute Gasteiger partial charge is 0.508 e. The molecule has 1 aromatic rings. The van der Waals surface area contributed by atoms with E-state index in [1.165, 1.54) is 6.07 Å². The van der Waals surface area contributed by atoms with Gasteiger partial charge in [-0.3, -0.25) is 0 Å². The molecule has 0 aliphatic heterocycles. The molecular weight excluding hydrogens is 221 g/mol. The van der Waals surface area contributed by atoms with Crippen molar-refractivity contribution in [2.75, 3.05) is 0 Å². The number of alkyl halides is 3. The summed E-state index contributed by atoms with van der Waals surface area (Å²) in [5.74, 6) is -0.551. The van der Waals surface area contributed by atoms with Crippen molar-refractivity contribution in [3.05, 3.63) is 28.8 Å². The molecule has 0 fully saturated rings. The Labute approximate surface area is 91.3 Å². The maximum atomic E-state index is 12.6. The van der Waals surface area contributed by atoms with Crippen LogP contribution in [0.25, 0.3) is 0 Å². The zero-order valence-corrected chi connectivity index (χ0v) is 9.18. The highest BCUT2D eigenvalue weighted by Gasteiger charge is 2.52. The van der Waals surface area contributed by atoms with E-state index in [0.717, 1.165) is 6.07 Å². The number of hydrogen-bond acceptors (Lipinski definition) is 2. The minimum Gasteiger partial charge on any atom is -0.508 e. The third-order valence-electron chi connectivity index (χ3n) is 2.69. The molecule has 0 aliphatic rings. The van der Waals surface area contributed by atoms with Crippen molar-refractivity contribution in [1.29, 1.82) is 0 Å². The molecule has 16 heavy (non-hydrogen) atoms. The molecule has 0 spiro atoms. The van der Waals surface area contributed by atoms with Gasteiger partial charge < -0.3 is 10.2 Å². The fourth-order valence-corrected chi connectivity index (χ4v) is 1.34. The van der Waals surface area contributed by atoms with Crippen LogP contribution in [0, 0.1) is 13.8 Å². The average Bonchev–Trinajstić information content (AvgIpc) is 2.09. The number of phenols is 1.